The Labute approximate surface area is 180 Å². The fourth-order valence-electron chi connectivity index (χ4n) is 4.34. The van der Waals surface area contributed by atoms with Crippen molar-refractivity contribution >= 4 is 17.4 Å². The van der Waals surface area contributed by atoms with Crippen LogP contribution in [0.5, 0.6) is 5.75 Å². The molecule has 2 aliphatic heterocycles. The molecule has 0 saturated heterocycles. The number of nitrogens with zero attached hydrogens (tertiary/aromatic N) is 2. The fourth-order valence-corrected chi connectivity index (χ4v) is 4.34. The first-order valence-corrected chi connectivity index (χ1v) is 10.3. The molecule has 0 fully saturated rings. The lowest BCUT2D eigenvalue weighted by Crippen LogP contribution is -2.37. The van der Waals surface area contributed by atoms with Crippen LogP contribution in [0.25, 0.3) is 5.57 Å². The van der Waals surface area contributed by atoms with E-state index in [1.807, 2.05) is 35.2 Å². The molecule has 31 heavy (non-hydrogen) atoms. The molecule has 0 bridgehead atoms. The van der Waals surface area contributed by atoms with Gasteiger partial charge in [-0.3, -0.25) is 14.5 Å². The summed E-state index contributed by atoms with van der Waals surface area (Å²) >= 11 is 0. The molecule has 3 aromatic rings. The van der Waals surface area contributed by atoms with Gasteiger partial charge in [0, 0.05) is 18.7 Å². The smallest absolute Gasteiger partial charge is 0.278 e. The van der Waals surface area contributed by atoms with Gasteiger partial charge in [-0.15, -0.1) is 0 Å². The van der Waals surface area contributed by atoms with Gasteiger partial charge < -0.3 is 14.1 Å². The minimum Gasteiger partial charge on any atom is -0.496 e. The van der Waals surface area contributed by atoms with Gasteiger partial charge in [-0.25, -0.2) is 0 Å². The number of rotatable bonds is 5. The molecule has 0 aliphatic carbocycles. The summed E-state index contributed by atoms with van der Waals surface area (Å²) in [7, 11) is 1.57. The molecule has 0 unspecified atom stereocenters. The van der Waals surface area contributed by atoms with Crippen LogP contribution < -0.4 is 4.74 Å². The van der Waals surface area contributed by atoms with Crippen LogP contribution in [0.4, 0.5) is 0 Å². The lowest BCUT2D eigenvalue weighted by molar-refractivity contribution is -0.138. The Balaban J connectivity index is 1.60. The van der Waals surface area contributed by atoms with Crippen molar-refractivity contribution in [2.75, 3.05) is 13.7 Å². The van der Waals surface area contributed by atoms with Gasteiger partial charge in [0.25, 0.3) is 11.8 Å². The zero-order valence-electron chi connectivity index (χ0n) is 17.2. The second-order valence-corrected chi connectivity index (χ2v) is 7.64. The number of para-hydroxylation sites is 1. The van der Waals surface area contributed by atoms with Gasteiger partial charge in [-0.1, -0.05) is 42.5 Å². The number of amides is 2. The zero-order chi connectivity index (χ0) is 21.4. The van der Waals surface area contributed by atoms with Gasteiger partial charge in [-0.05, 0) is 35.7 Å². The second-order valence-electron chi connectivity index (χ2n) is 7.64. The highest BCUT2D eigenvalue weighted by atomic mass is 16.5. The van der Waals surface area contributed by atoms with Crippen molar-refractivity contribution in [2.24, 2.45) is 0 Å². The lowest BCUT2D eigenvalue weighted by atomic mass is 9.97. The van der Waals surface area contributed by atoms with E-state index in [4.69, 9.17) is 9.15 Å². The number of carbonyl (C=O) groups is 2. The Morgan fingerprint density at radius 2 is 1.71 bits per heavy atom. The number of benzene rings is 2. The second kappa shape index (κ2) is 7.80. The summed E-state index contributed by atoms with van der Waals surface area (Å²) in [6.45, 7) is 1.34. The number of ether oxygens (including phenoxy) is 1. The molecule has 0 saturated carbocycles. The third kappa shape index (κ3) is 3.30. The number of hydrogen-bond acceptors (Lipinski definition) is 5. The summed E-state index contributed by atoms with van der Waals surface area (Å²) in [5.41, 5.74) is 3.89. The third-order valence-corrected chi connectivity index (χ3v) is 5.86. The Bertz CT molecular complexity index is 1180. The van der Waals surface area contributed by atoms with Crippen LogP contribution >= 0.6 is 0 Å². The van der Waals surface area contributed by atoms with Gasteiger partial charge in [0.15, 0.2) is 0 Å². The number of furan rings is 1. The molecular formula is C25H22N2O4. The number of fused-ring (bicyclic) bond motifs is 1. The van der Waals surface area contributed by atoms with E-state index in [1.165, 1.54) is 22.3 Å². The minimum absolute atomic E-state index is 0.0945. The van der Waals surface area contributed by atoms with Gasteiger partial charge in [0.2, 0.25) is 0 Å². The average Bonchev–Trinajstić information content (AvgIpc) is 3.41. The van der Waals surface area contributed by atoms with Crippen molar-refractivity contribution in [3.63, 3.8) is 0 Å². The summed E-state index contributed by atoms with van der Waals surface area (Å²) in [5, 5.41) is 0. The van der Waals surface area contributed by atoms with Gasteiger partial charge in [0.1, 0.15) is 17.2 Å². The first-order valence-electron chi connectivity index (χ1n) is 10.3. The minimum atomic E-state index is -0.334. The molecule has 6 nitrogen and oxygen atoms in total. The topological polar surface area (TPSA) is 63.0 Å². The number of methoxy groups -OCH3 is 1. The molecule has 0 N–H and O–H groups in total. The van der Waals surface area contributed by atoms with E-state index in [1.54, 1.807) is 25.3 Å². The number of hydrogen-bond donors (Lipinski definition) is 0. The summed E-state index contributed by atoms with van der Waals surface area (Å²) in [6, 6.07) is 19.1. The molecule has 6 heteroatoms. The standard InChI is InChI=1S/C25H22N2O4/c1-30-21-11-5-4-10-20(21)22-23(26-13-12-17-7-2-3-8-18(17)15-26)25(29)27(24(22)28)16-19-9-6-14-31-19/h2-11,14H,12-13,15-16H2,1H3. The Morgan fingerprint density at radius 1 is 0.935 bits per heavy atom. The summed E-state index contributed by atoms with van der Waals surface area (Å²) < 4.78 is 10.9. The van der Waals surface area contributed by atoms with E-state index in [2.05, 4.69) is 12.1 Å². The molecule has 0 radical (unpaired) electrons. The molecule has 2 aliphatic rings. The molecule has 5 rings (SSSR count). The quantitative estimate of drug-likeness (QED) is 0.597. The van der Waals surface area contributed by atoms with Gasteiger partial charge in [-0.2, -0.15) is 0 Å². The monoisotopic (exact) mass is 414 g/mol. The average molecular weight is 414 g/mol. The van der Waals surface area contributed by atoms with Crippen molar-refractivity contribution in [1.29, 1.82) is 0 Å². The van der Waals surface area contributed by atoms with Gasteiger partial charge in [0.05, 0.1) is 25.5 Å². The Kier molecular flexibility index (Phi) is 4.82. The van der Waals surface area contributed by atoms with Gasteiger partial charge >= 0.3 is 0 Å². The van der Waals surface area contributed by atoms with Crippen molar-refractivity contribution < 1.29 is 18.7 Å². The van der Waals surface area contributed by atoms with E-state index in [0.717, 1.165) is 6.42 Å². The largest absolute Gasteiger partial charge is 0.496 e. The molecular weight excluding hydrogens is 392 g/mol. The van der Waals surface area contributed by atoms with E-state index < -0.39 is 0 Å². The van der Waals surface area contributed by atoms with Crippen molar-refractivity contribution in [1.82, 2.24) is 9.80 Å². The molecule has 1 aromatic heterocycles. The zero-order valence-corrected chi connectivity index (χ0v) is 17.2. The first kappa shape index (κ1) is 19.2. The maximum Gasteiger partial charge on any atom is 0.278 e. The first-order chi connectivity index (χ1) is 15.2. The normalized spacial score (nSPS) is 16.2. The summed E-state index contributed by atoms with van der Waals surface area (Å²) in [5.74, 6) is 0.487. The Hall–Kier alpha value is -3.80. The van der Waals surface area contributed by atoms with Crippen molar-refractivity contribution in [3.05, 3.63) is 95.1 Å². The molecule has 2 aromatic carbocycles. The van der Waals surface area contributed by atoms with E-state index >= 15 is 0 Å². The third-order valence-electron chi connectivity index (χ3n) is 5.86. The fraction of sp³-hybridized carbons (Fsp3) is 0.200. The molecule has 0 spiro atoms. The van der Waals surface area contributed by atoms with Crippen LogP contribution in [0, 0.1) is 0 Å². The van der Waals surface area contributed by atoms with Crippen LogP contribution in [-0.2, 0) is 29.1 Å². The summed E-state index contributed by atoms with van der Waals surface area (Å²) in [4.78, 5) is 30.4. The highest BCUT2D eigenvalue weighted by Gasteiger charge is 2.43. The highest BCUT2D eigenvalue weighted by molar-refractivity contribution is 6.35. The van der Waals surface area contributed by atoms with Crippen molar-refractivity contribution in [3.8, 4) is 5.75 Å². The van der Waals surface area contributed by atoms with Crippen molar-refractivity contribution in [2.45, 2.75) is 19.5 Å². The van der Waals surface area contributed by atoms with Crippen LogP contribution in [0.2, 0.25) is 0 Å². The van der Waals surface area contributed by atoms with E-state index in [0.29, 0.717) is 41.4 Å². The maximum atomic E-state index is 13.6. The van der Waals surface area contributed by atoms with Crippen LogP contribution in [0.1, 0.15) is 22.5 Å². The molecule has 0 atom stereocenters. The van der Waals surface area contributed by atoms with E-state index in [9.17, 15) is 9.59 Å². The molecule has 3 heterocycles. The summed E-state index contributed by atoms with van der Waals surface area (Å²) in [6.07, 6.45) is 2.36. The maximum absolute atomic E-state index is 13.6. The molecule has 2 amide bonds. The lowest BCUT2D eigenvalue weighted by Gasteiger charge is -2.31. The predicted octanol–water partition coefficient (Wildman–Crippen LogP) is 3.63. The number of imide groups is 1. The predicted molar refractivity (Wildman–Crippen MR) is 115 cm³/mol. The van der Waals surface area contributed by atoms with Crippen LogP contribution in [0.15, 0.2) is 77.0 Å². The van der Waals surface area contributed by atoms with Crippen LogP contribution in [0.3, 0.4) is 0 Å². The Morgan fingerprint density at radius 3 is 2.48 bits per heavy atom. The number of carbonyl (C=O) groups excluding carboxylic acids is 2. The highest BCUT2D eigenvalue weighted by Crippen LogP contribution is 2.38. The van der Waals surface area contributed by atoms with Crippen LogP contribution in [-0.4, -0.2) is 35.3 Å². The molecule has 156 valence electrons. The SMILES string of the molecule is COc1ccccc1C1=C(N2CCc3ccccc3C2)C(=O)N(Cc2ccco2)C1=O. The van der Waals surface area contributed by atoms with E-state index in [-0.39, 0.29) is 18.4 Å².